The van der Waals surface area contributed by atoms with Crippen molar-refractivity contribution in [3.8, 4) is 0 Å². The smallest absolute Gasteiger partial charge is 0.237 e. The van der Waals surface area contributed by atoms with Crippen molar-refractivity contribution in [3.05, 3.63) is 0 Å². The number of carbonyl (C=O) groups excluding carboxylic acids is 1. The number of amides is 1. The van der Waals surface area contributed by atoms with Crippen LogP contribution in [0.5, 0.6) is 0 Å². The van der Waals surface area contributed by atoms with Crippen LogP contribution in [-0.4, -0.2) is 24.5 Å². The Morgan fingerprint density at radius 3 is 2.69 bits per heavy atom. The Kier molecular flexibility index (Phi) is 2.88. The second-order valence-electron chi connectivity index (χ2n) is 5.79. The highest BCUT2D eigenvalue weighted by atomic mass is 16.2. The van der Waals surface area contributed by atoms with Gasteiger partial charge >= 0.3 is 0 Å². The molecule has 0 aromatic heterocycles. The minimum Gasteiger partial charge on any atom is -0.352 e. The molecular weight excluding hydrogens is 200 g/mol. The number of fused-ring (bicyclic) bond motifs is 2. The van der Waals surface area contributed by atoms with Gasteiger partial charge in [0.2, 0.25) is 5.91 Å². The van der Waals surface area contributed by atoms with Crippen molar-refractivity contribution < 1.29 is 4.79 Å². The zero-order valence-electron chi connectivity index (χ0n) is 9.87. The van der Waals surface area contributed by atoms with Gasteiger partial charge in [-0.15, -0.1) is 0 Å². The standard InChI is InChI=1S/C13H22N2O/c16-13(11-3-1-2-6-14-11)15-12-8-9-4-5-10(12)7-9/h9-12,14H,1-8H2,(H,15,16)/t9?,10?,11-,12?/m1/s1. The van der Waals surface area contributed by atoms with Crippen molar-refractivity contribution >= 4 is 5.91 Å². The van der Waals surface area contributed by atoms with Crippen LogP contribution in [0.25, 0.3) is 0 Å². The summed E-state index contributed by atoms with van der Waals surface area (Å²) >= 11 is 0. The zero-order chi connectivity index (χ0) is 11.0. The lowest BCUT2D eigenvalue weighted by atomic mass is 9.94. The van der Waals surface area contributed by atoms with E-state index in [9.17, 15) is 4.79 Å². The zero-order valence-corrected chi connectivity index (χ0v) is 9.87. The van der Waals surface area contributed by atoms with E-state index in [0.29, 0.717) is 6.04 Å². The van der Waals surface area contributed by atoms with E-state index in [-0.39, 0.29) is 11.9 Å². The normalized spacial score (nSPS) is 42.2. The predicted molar refractivity (Wildman–Crippen MR) is 63.0 cm³/mol. The van der Waals surface area contributed by atoms with Crippen molar-refractivity contribution in [1.29, 1.82) is 0 Å². The molecule has 1 saturated heterocycles. The first kappa shape index (κ1) is 10.6. The summed E-state index contributed by atoms with van der Waals surface area (Å²) in [5.41, 5.74) is 0. The van der Waals surface area contributed by atoms with E-state index in [1.54, 1.807) is 0 Å². The molecule has 3 fully saturated rings. The average Bonchev–Trinajstić information content (AvgIpc) is 2.92. The van der Waals surface area contributed by atoms with Gasteiger partial charge in [0.1, 0.15) is 0 Å². The lowest BCUT2D eigenvalue weighted by Crippen LogP contribution is -2.50. The highest BCUT2D eigenvalue weighted by Crippen LogP contribution is 2.44. The molecule has 4 atom stereocenters. The summed E-state index contributed by atoms with van der Waals surface area (Å²) < 4.78 is 0. The Morgan fingerprint density at radius 1 is 1.12 bits per heavy atom. The maximum absolute atomic E-state index is 12.1. The SMILES string of the molecule is O=C(NC1CC2CCC1C2)[C@H]1CCCCN1. The summed E-state index contributed by atoms with van der Waals surface area (Å²) in [7, 11) is 0. The molecule has 90 valence electrons. The number of carbonyl (C=O) groups is 1. The molecule has 0 radical (unpaired) electrons. The molecule has 0 aromatic carbocycles. The summed E-state index contributed by atoms with van der Waals surface area (Å²) in [6.07, 6.45) is 8.78. The quantitative estimate of drug-likeness (QED) is 0.742. The van der Waals surface area contributed by atoms with E-state index < -0.39 is 0 Å². The first-order chi connectivity index (χ1) is 7.83. The van der Waals surface area contributed by atoms with Gasteiger partial charge in [-0.25, -0.2) is 0 Å². The van der Waals surface area contributed by atoms with E-state index in [1.807, 2.05) is 0 Å². The Bertz CT molecular complexity index is 273. The van der Waals surface area contributed by atoms with Gasteiger partial charge in [-0.1, -0.05) is 12.8 Å². The maximum Gasteiger partial charge on any atom is 0.237 e. The molecular formula is C13H22N2O. The van der Waals surface area contributed by atoms with Crippen molar-refractivity contribution in [2.24, 2.45) is 11.8 Å². The molecule has 3 unspecified atom stereocenters. The van der Waals surface area contributed by atoms with Crippen LogP contribution in [0.4, 0.5) is 0 Å². The number of hydrogen-bond acceptors (Lipinski definition) is 2. The van der Waals surface area contributed by atoms with Crippen LogP contribution in [0.15, 0.2) is 0 Å². The Hall–Kier alpha value is -0.570. The molecule has 0 aromatic rings. The van der Waals surface area contributed by atoms with E-state index in [2.05, 4.69) is 10.6 Å². The van der Waals surface area contributed by atoms with Crippen LogP contribution in [0.2, 0.25) is 0 Å². The minimum atomic E-state index is 0.0906. The van der Waals surface area contributed by atoms with Crippen LogP contribution >= 0.6 is 0 Å². The van der Waals surface area contributed by atoms with Gasteiger partial charge in [0.05, 0.1) is 6.04 Å². The number of nitrogens with one attached hydrogen (secondary N) is 2. The van der Waals surface area contributed by atoms with Crippen molar-refractivity contribution in [2.45, 2.75) is 57.0 Å². The third kappa shape index (κ3) is 1.97. The van der Waals surface area contributed by atoms with Gasteiger partial charge in [0, 0.05) is 6.04 Å². The molecule has 0 spiro atoms. The Morgan fingerprint density at radius 2 is 2.06 bits per heavy atom. The van der Waals surface area contributed by atoms with Crippen molar-refractivity contribution in [3.63, 3.8) is 0 Å². The lowest BCUT2D eigenvalue weighted by molar-refractivity contribution is -0.124. The van der Waals surface area contributed by atoms with Crippen molar-refractivity contribution in [2.75, 3.05) is 6.54 Å². The largest absolute Gasteiger partial charge is 0.352 e. The first-order valence-electron chi connectivity index (χ1n) is 6.86. The van der Waals surface area contributed by atoms with Crippen LogP contribution in [-0.2, 0) is 4.79 Å². The van der Waals surface area contributed by atoms with E-state index in [0.717, 1.165) is 24.8 Å². The number of hydrogen-bond donors (Lipinski definition) is 2. The third-order valence-electron chi connectivity index (χ3n) is 4.69. The predicted octanol–water partition coefficient (Wildman–Crippen LogP) is 1.43. The van der Waals surface area contributed by atoms with E-state index in [1.165, 1.54) is 38.5 Å². The monoisotopic (exact) mass is 222 g/mol. The highest BCUT2D eigenvalue weighted by molar-refractivity contribution is 5.82. The molecule has 2 N–H and O–H groups in total. The maximum atomic E-state index is 12.1. The summed E-state index contributed by atoms with van der Waals surface area (Å²) in [5.74, 6) is 1.96. The third-order valence-corrected chi connectivity index (χ3v) is 4.69. The van der Waals surface area contributed by atoms with Gasteiger partial charge < -0.3 is 10.6 Å². The molecule has 16 heavy (non-hydrogen) atoms. The van der Waals surface area contributed by atoms with Crippen LogP contribution in [0.1, 0.15) is 44.9 Å². The molecule has 1 amide bonds. The molecule has 2 saturated carbocycles. The lowest BCUT2D eigenvalue weighted by Gasteiger charge is -2.28. The summed E-state index contributed by atoms with van der Waals surface area (Å²) in [6.45, 7) is 1.01. The molecule has 1 aliphatic heterocycles. The number of piperidine rings is 1. The van der Waals surface area contributed by atoms with Gasteiger partial charge in [0.25, 0.3) is 0 Å². The Labute approximate surface area is 97.4 Å². The summed E-state index contributed by atoms with van der Waals surface area (Å²) in [6, 6.07) is 0.586. The fraction of sp³-hybridized carbons (Fsp3) is 0.923. The summed E-state index contributed by atoms with van der Waals surface area (Å²) in [5, 5.41) is 6.60. The second-order valence-corrected chi connectivity index (χ2v) is 5.79. The van der Waals surface area contributed by atoms with Gasteiger partial charge in [0.15, 0.2) is 0 Å². The van der Waals surface area contributed by atoms with E-state index in [4.69, 9.17) is 0 Å². The first-order valence-corrected chi connectivity index (χ1v) is 6.86. The fourth-order valence-corrected chi connectivity index (χ4v) is 3.78. The molecule has 2 bridgehead atoms. The second kappa shape index (κ2) is 4.36. The molecule has 1 heterocycles. The highest BCUT2D eigenvalue weighted by Gasteiger charge is 2.40. The van der Waals surface area contributed by atoms with Crippen LogP contribution in [0.3, 0.4) is 0 Å². The Balaban J connectivity index is 1.52. The van der Waals surface area contributed by atoms with Crippen LogP contribution < -0.4 is 10.6 Å². The molecule has 3 aliphatic rings. The number of rotatable bonds is 2. The molecule has 2 aliphatic carbocycles. The molecule has 3 nitrogen and oxygen atoms in total. The fourth-order valence-electron chi connectivity index (χ4n) is 3.78. The van der Waals surface area contributed by atoms with Gasteiger partial charge in [-0.3, -0.25) is 4.79 Å². The van der Waals surface area contributed by atoms with Crippen LogP contribution in [0, 0.1) is 11.8 Å². The molecule has 3 heteroatoms. The van der Waals surface area contributed by atoms with E-state index >= 15 is 0 Å². The summed E-state index contributed by atoms with van der Waals surface area (Å²) in [4.78, 5) is 12.1. The minimum absolute atomic E-state index is 0.0906. The van der Waals surface area contributed by atoms with Gasteiger partial charge in [-0.05, 0) is 50.5 Å². The van der Waals surface area contributed by atoms with Gasteiger partial charge in [-0.2, -0.15) is 0 Å². The van der Waals surface area contributed by atoms with Crippen molar-refractivity contribution in [1.82, 2.24) is 10.6 Å². The molecule has 3 rings (SSSR count). The average molecular weight is 222 g/mol. The topological polar surface area (TPSA) is 41.1 Å².